The van der Waals surface area contributed by atoms with Crippen molar-refractivity contribution in [3.63, 3.8) is 0 Å². The SMILES string of the molecule is O=[N+]([O-])c1cc(S(=O)(=O)O)ccc1NCC(O)CO. The Labute approximate surface area is 108 Å². The van der Waals surface area contributed by atoms with Gasteiger partial charge in [-0.3, -0.25) is 14.7 Å². The zero-order valence-electron chi connectivity index (χ0n) is 9.55. The van der Waals surface area contributed by atoms with Crippen molar-refractivity contribution in [2.45, 2.75) is 11.0 Å². The zero-order valence-corrected chi connectivity index (χ0v) is 10.4. The predicted molar refractivity (Wildman–Crippen MR) is 64.5 cm³/mol. The molecule has 0 saturated heterocycles. The molecule has 0 aliphatic heterocycles. The van der Waals surface area contributed by atoms with E-state index >= 15 is 0 Å². The molecule has 9 nitrogen and oxygen atoms in total. The topological polar surface area (TPSA) is 150 Å². The van der Waals surface area contributed by atoms with Gasteiger partial charge in [-0.15, -0.1) is 0 Å². The van der Waals surface area contributed by atoms with Crippen LogP contribution in [-0.4, -0.2) is 47.4 Å². The molecule has 1 aromatic rings. The van der Waals surface area contributed by atoms with Gasteiger partial charge in [0.05, 0.1) is 17.6 Å². The fraction of sp³-hybridized carbons (Fsp3) is 0.333. The molecular formula is C9H12N2O7S. The highest BCUT2D eigenvalue weighted by Gasteiger charge is 2.20. The van der Waals surface area contributed by atoms with Crippen molar-refractivity contribution >= 4 is 21.5 Å². The van der Waals surface area contributed by atoms with Gasteiger partial charge in [0.1, 0.15) is 10.6 Å². The highest BCUT2D eigenvalue weighted by atomic mass is 32.2. The minimum Gasteiger partial charge on any atom is -0.394 e. The van der Waals surface area contributed by atoms with Crippen LogP contribution in [0.5, 0.6) is 0 Å². The second-order valence-electron chi connectivity index (χ2n) is 3.63. The number of benzene rings is 1. The lowest BCUT2D eigenvalue weighted by atomic mass is 10.2. The molecule has 0 bridgehead atoms. The van der Waals surface area contributed by atoms with Crippen LogP contribution in [0.15, 0.2) is 23.1 Å². The van der Waals surface area contributed by atoms with Gasteiger partial charge >= 0.3 is 0 Å². The summed E-state index contributed by atoms with van der Waals surface area (Å²) in [6.45, 7) is -0.674. The number of nitro groups is 1. The molecule has 1 unspecified atom stereocenters. The van der Waals surface area contributed by atoms with Gasteiger partial charge in [0.2, 0.25) is 0 Å². The Kier molecular flexibility index (Phi) is 4.78. The molecule has 1 rings (SSSR count). The Balaban J connectivity index is 3.09. The predicted octanol–water partition coefficient (Wildman–Crippen LogP) is -0.393. The van der Waals surface area contributed by atoms with Crippen LogP contribution in [0.4, 0.5) is 11.4 Å². The van der Waals surface area contributed by atoms with Crippen molar-refractivity contribution in [1.82, 2.24) is 0 Å². The standard InChI is InChI=1S/C9H12N2O7S/c12-5-6(13)4-10-8-2-1-7(19(16,17)18)3-9(8)11(14)15/h1-3,6,10,12-13H,4-5H2,(H,16,17,18). The van der Waals surface area contributed by atoms with E-state index in [0.29, 0.717) is 6.07 Å². The van der Waals surface area contributed by atoms with Gasteiger partial charge in [-0.2, -0.15) is 8.42 Å². The number of nitro benzene ring substituents is 1. The van der Waals surface area contributed by atoms with Crippen LogP contribution in [0.2, 0.25) is 0 Å². The average Bonchev–Trinajstić information content (AvgIpc) is 2.34. The Bertz CT molecular complexity index is 572. The number of rotatable bonds is 6. The number of nitrogens with zero attached hydrogens (tertiary/aromatic N) is 1. The fourth-order valence-electron chi connectivity index (χ4n) is 1.26. The molecule has 0 saturated carbocycles. The third kappa shape index (κ3) is 4.13. The van der Waals surface area contributed by atoms with Gasteiger partial charge in [0, 0.05) is 12.6 Å². The lowest BCUT2D eigenvalue weighted by Gasteiger charge is -2.10. The van der Waals surface area contributed by atoms with Crippen LogP contribution >= 0.6 is 0 Å². The Morgan fingerprint density at radius 2 is 2.05 bits per heavy atom. The highest BCUT2D eigenvalue weighted by Crippen LogP contribution is 2.27. The van der Waals surface area contributed by atoms with Gasteiger partial charge in [-0.25, -0.2) is 0 Å². The molecule has 0 aromatic heterocycles. The molecule has 10 heteroatoms. The quantitative estimate of drug-likeness (QED) is 0.314. The van der Waals surface area contributed by atoms with E-state index < -0.39 is 38.3 Å². The van der Waals surface area contributed by atoms with Crippen LogP contribution in [0, 0.1) is 10.1 Å². The van der Waals surface area contributed by atoms with Crippen molar-refractivity contribution in [2.75, 3.05) is 18.5 Å². The molecule has 19 heavy (non-hydrogen) atoms. The van der Waals surface area contributed by atoms with Crippen LogP contribution in [0.3, 0.4) is 0 Å². The van der Waals surface area contributed by atoms with Crippen molar-refractivity contribution in [3.05, 3.63) is 28.3 Å². The lowest BCUT2D eigenvalue weighted by molar-refractivity contribution is -0.384. The number of aliphatic hydroxyl groups is 2. The van der Waals surface area contributed by atoms with Crippen LogP contribution in [0.25, 0.3) is 0 Å². The molecule has 0 fully saturated rings. The molecule has 4 N–H and O–H groups in total. The summed E-state index contributed by atoms with van der Waals surface area (Å²) in [5.41, 5.74) is -0.606. The maximum absolute atomic E-state index is 10.9. The molecule has 0 amide bonds. The molecule has 1 atom stereocenters. The summed E-state index contributed by atoms with van der Waals surface area (Å²) in [4.78, 5) is 9.36. The summed E-state index contributed by atoms with van der Waals surface area (Å²) in [5.74, 6) is 0. The number of aliphatic hydroxyl groups excluding tert-OH is 2. The molecule has 0 heterocycles. The molecule has 0 aliphatic carbocycles. The Hall–Kier alpha value is -1.75. The number of hydrogen-bond acceptors (Lipinski definition) is 7. The minimum absolute atomic E-state index is 0.0371. The first kappa shape index (κ1) is 15.3. The van der Waals surface area contributed by atoms with E-state index in [1.54, 1.807) is 0 Å². The smallest absolute Gasteiger partial charge is 0.294 e. The zero-order chi connectivity index (χ0) is 14.6. The number of nitrogens with one attached hydrogen (secondary N) is 1. The van der Waals surface area contributed by atoms with Gasteiger partial charge in [0.15, 0.2) is 0 Å². The van der Waals surface area contributed by atoms with Gasteiger partial charge in [0.25, 0.3) is 15.8 Å². The van der Waals surface area contributed by atoms with Crippen LogP contribution in [-0.2, 0) is 10.1 Å². The van der Waals surface area contributed by atoms with Gasteiger partial charge in [-0.1, -0.05) is 0 Å². The van der Waals surface area contributed by atoms with E-state index in [1.165, 1.54) is 0 Å². The van der Waals surface area contributed by atoms with Gasteiger partial charge < -0.3 is 15.5 Å². The second-order valence-corrected chi connectivity index (χ2v) is 5.05. The maximum Gasteiger partial charge on any atom is 0.294 e. The first-order valence-electron chi connectivity index (χ1n) is 5.04. The van der Waals surface area contributed by atoms with E-state index in [2.05, 4.69) is 5.32 Å². The van der Waals surface area contributed by atoms with Crippen LogP contribution in [0.1, 0.15) is 0 Å². The molecule has 0 spiro atoms. The maximum atomic E-state index is 10.9. The summed E-state index contributed by atoms with van der Waals surface area (Å²) in [5, 5.41) is 31.0. The number of hydrogen-bond donors (Lipinski definition) is 4. The molecule has 0 radical (unpaired) electrons. The van der Waals surface area contributed by atoms with Crippen molar-refractivity contribution < 1.29 is 28.1 Å². The van der Waals surface area contributed by atoms with E-state index in [0.717, 1.165) is 12.1 Å². The number of anilines is 1. The van der Waals surface area contributed by atoms with Crippen molar-refractivity contribution in [2.24, 2.45) is 0 Å². The summed E-state index contributed by atoms with van der Waals surface area (Å²) in [6, 6.07) is 2.77. The summed E-state index contributed by atoms with van der Waals surface area (Å²) in [6.07, 6.45) is -1.11. The Morgan fingerprint density at radius 3 is 2.53 bits per heavy atom. The highest BCUT2D eigenvalue weighted by molar-refractivity contribution is 7.85. The van der Waals surface area contributed by atoms with E-state index in [1.807, 2.05) is 0 Å². The third-order valence-electron chi connectivity index (χ3n) is 2.20. The molecule has 0 aliphatic rings. The first-order valence-corrected chi connectivity index (χ1v) is 6.48. The monoisotopic (exact) mass is 292 g/mol. The summed E-state index contributed by atoms with van der Waals surface area (Å²) in [7, 11) is -4.53. The molecule has 1 aromatic carbocycles. The second kappa shape index (κ2) is 5.93. The van der Waals surface area contributed by atoms with Gasteiger partial charge in [-0.05, 0) is 12.1 Å². The minimum atomic E-state index is -4.53. The first-order chi connectivity index (χ1) is 8.75. The van der Waals surface area contributed by atoms with Crippen molar-refractivity contribution in [3.8, 4) is 0 Å². The fourth-order valence-corrected chi connectivity index (χ4v) is 1.77. The van der Waals surface area contributed by atoms with Crippen LogP contribution < -0.4 is 5.32 Å². The molecule has 106 valence electrons. The Morgan fingerprint density at radius 1 is 1.42 bits per heavy atom. The van der Waals surface area contributed by atoms with Crippen molar-refractivity contribution in [1.29, 1.82) is 0 Å². The normalized spacial score (nSPS) is 13.0. The van der Waals surface area contributed by atoms with E-state index in [4.69, 9.17) is 14.8 Å². The summed E-state index contributed by atoms with van der Waals surface area (Å²) >= 11 is 0. The summed E-state index contributed by atoms with van der Waals surface area (Å²) < 4.78 is 30.5. The lowest BCUT2D eigenvalue weighted by Crippen LogP contribution is -2.23. The van der Waals surface area contributed by atoms with E-state index in [9.17, 15) is 18.5 Å². The molecular weight excluding hydrogens is 280 g/mol. The third-order valence-corrected chi connectivity index (χ3v) is 3.05. The largest absolute Gasteiger partial charge is 0.394 e. The van der Waals surface area contributed by atoms with E-state index in [-0.39, 0.29) is 12.2 Å². The average molecular weight is 292 g/mol.